The Morgan fingerprint density at radius 1 is 1.03 bits per heavy atom. The van der Waals surface area contributed by atoms with Gasteiger partial charge in [0.15, 0.2) is 5.79 Å². The normalized spacial score (nSPS) is 22.4. The number of hydrogen-bond donors (Lipinski definition) is 1. The second kappa shape index (κ2) is 10.5. The molecule has 2 aliphatic rings. The number of aliphatic hydroxyl groups excluding tert-OH is 1. The molecule has 2 fully saturated rings. The Morgan fingerprint density at radius 2 is 1.59 bits per heavy atom. The van der Waals surface area contributed by atoms with Crippen molar-refractivity contribution < 1.29 is 19.0 Å². The van der Waals surface area contributed by atoms with Gasteiger partial charge in [-0.25, -0.2) is 0 Å². The number of aliphatic hydroxyl groups is 1. The summed E-state index contributed by atoms with van der Waals surface area (Å²) >= 11 is 0. The predicted molar refractivity (Wildman–Crippen MR) is 140 cm³/mol. The van der Waals surface area contributed by atoms with Crippen molar-refractivity contribution in [2.45, 2.75) is 75.9 Å². The minimum Gasteiger partial charge on any atom is -0.407 e. The van der Waals surface area contributed by atoms with Gasteiger partial charge in [0, 0.05) is 25.4 Å². The van der Waals surface area contributed by atoms with E-state index in [2.05, 4.69) is 75.9 Å². The van der Waals surface area contributed by atoms with Crippen molar-refractivity contribution in [3.63, 3.8) is 0 Å². The Kier molecular flexibility index (Phi) is 7.80. The third kappa shape index (κ3) is 4.95. The fraction of sp³-hybridized carbons (Fsp3) is 0.517. The average molecular weight is 481 g/mol. The minimum absolute atomic E-state index is 0.120. The Hall–Kier alpha value is -1.76. The molecule has 4 nitrogen and oxygen atoms in total. The molecule has 0 amide bonds. The summed E-state index contributed by atoms with van der Waals surface area (Å²) in [7, 11) is -2.68. The van der Waals surface area contributed by atoms with Crippen LogP contribution in [0.3, 0.4) is 0 Å². The van der Waals surface area contributed by atoms with Gasteiger partial charge in [0.05, 0.1) is 12.7 Å². The molecule has 1 N–H and O–H groups in total. The highest BCUT2D eigenvalue weighted by Gasteiger charge is 2.51. The van der Waals surface area contributed by atoms with E-state index in [9.17, 15) is 5.11 Å². The summed E-state index contributed by atoms with van der Waals surface area (Å²) in [4.78, 5) is 0. The van der Waals surface area contributed by atoms with Crippen molar-refractivity contribution >= 4 is 18.7 Å². The number of hydrogen-bond acceptors (Lipinski definition) is 4. The molecule has 2 aromatic carbocycles. The highest BCUT2D eigenvalue weighted by molar-refractivity contribution is 6.99. The second-order valence-corrected chi connectivity index (χ2v) is 15.1. The standard InChI is InChI=1S/C29H40O4Si/c1-5-23(27(30)26-22-31-29(33-26)19-13-8-14-20-29)21-32-34(28(2,3)4,24-15-9-6-10-16-24)25-17-11-7-12-18-25/h5-7,9-12,15-18,23,26-27,30H,1,8,13-14,19-22H2,2-4H3/t23?,26-,27-/m1/s1. The lowest BCUT2D eigenvalue weighted by Crippen LogP contribution is -2.67. The lowest BCUT2D eigenvalue weighted by atomic mass is 9.94. The van der Waals surface area contributed by atoms with E-state index >= 15 is 0 Å². The molecule has 1 saturated heterocycles. The van der Waals surface area contributed by atoms with Crippen LogP contribution in [0.2, 0.25) is 5.04 Å². The van der Waals surface area contributed by atoms with Gasteiger partial charge in [0.1, 0.15) is 6.10 Å². The van der Waals surface area contributed by atoms with E-state index in [0.29, 0.717) is 13.2 Å². The molecule has 0 bridgehead atoms. The van der Waals surface area contributed by atoms with Crippen molar-refractivity contribution in [3.05, 3.63) is 73.3 Å². The maximum absolute atomic E-state index is 11.3. The molecule has 1 aliphatic heterocycles. The Balaban J connectivity index is 1.58. The van der Waals surface area contributed by atoms with Crippen LogP contribution in [-0.4, -0.2) is 44.6 Å². The molecule has 5 heteroatoms. The molecule has 4 rings (SSSR count). The zero-order valence-electron chi connectivity index (χ0n) is 20.9. The molecule has 2 aromatic rings. The van der Waals surface area contributed by atoms with Crippen LogP contribution < -0.4 is 10.4 Å². The first kappa shape index (κ1) is 25.3. The largest absolute Gasteiger partial charge is 0.407 e. The summed E-state index contributed by atoms with van der Waals surface area (Å²) in [5, 5.41) is 13.7. The molecule has 34 heavy (non-hydrogen) atoms. The molecule has 1 heterocycles. The Morgan fingerprint density at radius 3 is 2.09 bits per heavy atom. The first-order valence-corrected chi connectivity index (χ1v) is 14.6. The summed E-state index contributed by atoms with van der Waals surface area (Å²) in [6, 6.07) is 21.2. The molecular formula is C29H40O4Si. The summed E-state index contributed by atoms with van der Waals surface area (Å²) in [5.41, 5.74) is 0. The third-order valence-corrected chi connectivity index (χ3v) is 12.5. The van der Waals surface area contributed by atoms with Crippen LogP contribution in [-0.2, 0) is 13.9 Å². The van der Waals surface area contributed by atoms with Crippen molar-refractivity contribution in [2.75, 3.05) is 13.2 Å². The van der Waals surface area contributed by atoms with Crippen LogP contribution in [0.15, 0.2) is 73.3 Å². The quantitative estimate of drug-likeness (QED) is 0.435. The van der Waals surface area contributed by atoms with Gasteiger partial charge < -0.3 is 19.0 Å². The molecular weight excluding hydrogens is 440 g/mol. The van der Waals surface area contributed by atoms with Gasteiger partial charge in [0.2, 0.25) is 0 Å². The molecule has 0 aromatic heterocycles. The zero-order valence-corrected chi connectivity index (χ0v) is 21.9. The third-order valence-electron chi connectivity index (χ3n) is 7.52. The molecule has 0 radical (unpaired) electrons. The predicted octanol–water partition coefficient (Wildman–Crippen LogP) is 4.80. The van der Waals surface area contributed by atoms with Crippen LogP contribution >= 0.6 is 0 Å². The summed E-state index contributed by atoms with van der Waals surface area (Å²) < 4.78 is 19.5. The first-order chi connectivity index (χ1) is 16.3. The van der Waals surface area contributed by atoms with Gasteiger partial charge in [-0.3, -0.25) is 0 Å². The molecule has 3 atom stereocenters. The lowest BCUT2D eigenvalue weighted by Gasteiger charge is -2.44. The molecule has 1 unspecified atom stereocenters. The van der Waals surface area contributed by atoms with Gasteiger partial charge in [0.25, 0.3) is 8.32 Å². The van der Waals surface area contributed by atoms with E-state index in [1.807, 2.05) is 18.2 Å². The van der Waals surface area contributed by atoms with E-state index in [1.54, 1.807) is 0 Å². The van der Waals surface area contributed by atoms with E-state index < -0.39 is 20.2 Å². The van der Waals surface area contributed by atoms with Crippen LogP contribution in [0, 0.1) is 5.92 Å². The van der Waals surface area contributed by atoms with Gasteiger partial charge in [-0.15, -0.1) is 6.58 Å². The number of rotatable bonds is 8. The van der Waals surface area contributed by atoms with Crippen molar-refractivity contribution in [1.29, 1.82) is 0 Å². The van der Waals surface area contributed by atoms with Gasteiger partial charge in [-0.1, -0.05) is 93.9 Å². The fourth-order valence-corrected chi connectivity index (χ4v) is 10.3. The maximum Gasteiger partial charge on any atom is 0.261 e. The topological polar surface area (TPSA) is 47.9 Å². The number of ether oxygens (including phenoxy) is 2. The molecule has 1 aliphatic carbocycles. The monoisotopic (exact) mass is 480 g/mol. The van der Waals surface area contributed by atoms with E-state index in [-0.39, 0.29) is 17.1 Å². The van der Waals surface area contributed by atoms with Crippen molar-refractivity contribution in [1.82, 2.24) is 0 Å². The Bertz CT molecular complexity index is 879. The minimum atomic E-state index is -2.68. The van der Waals surface area contributed by atoms with Crippen LogP contribution in [0.1, 0.15) is 52.9 Å². The summed E-state index contributed by atoms with van der Waals surface area (Å²) in [5.74, 6) is -0.761. The molecule has 184 valence electrons. The zero-order chi connectivity index (χ0) is 24.2. The summed E-state index contributed by atoms with van der Waals surface area (Å²) in [6.07, 6.45) is 6.01. The highest BCUT2D eigenvalue weighted by Crippen LogP contribution is 2.40. The van der Waals surface area contributed by atoms with Gasteiger partial charge in [-0.05, 0) is 28.3 Å². The van der Waals surface area contributed by atoms with Gasteiger partial charge in [-0.2, -0.15) is 0 Å². The Labute approximate surface area is 206 Å². The molecule has 1 saturated carbocycles. The smallest absolute Gasteiger partial charge is 0.261 e. The SMILES string of the molecule is C=CC(CO[Si](c1ccccc1)(c1ccccc1)C(C)(C)C)[C@@H](O)[C@H]1COC2(CCCCC2)O1. The van der Waals surface area contributed by atoms with E-state index in [1.165, 1.54) is 16.8 Å². The van der Waals surface area contributed by atoms with Crippen molar-refractivity contribution in [2.24, 2.45) is 5.92 Å². The highest BCUT2D eigenvalue weighted by atomic mass is 28.4. The summed E-state index contributed by atoms with van der Waals surface area (Å²) in [6.45, 7) is 11.6. The van der Waals surface area contributed by atoms with E-state index in [0.717, 1.165) is 25.7 Å². The van der Waals surface area contributed by atoms with Crippen LogP contribution in [0.5, 0.6) is 0 Å². The van der Waals surface area contributed by atoms with Crippen LogP contribution in [0.25, 0.3) is 0 Å². The van der Waals surface area contributed by atoms with Gasteiger partial charge >= 0.3 is 0 Å². The fourth-order valence-electron chi connectivity index (χ4n) is 5.66. The van der Waals surface area contributed by atoms with Crippen LogP contribution in [0.4, 0.5) is 0 Å². The van der Waals surface area contributed by atoms with E-state index in [4.69, 9.17) is 13.9 Å². The number of benzene rings is 2. The maximum atomic E-state index is 11.3. The average Bonchev–Trinajstić information content (AvgIpc) is 3.25. The molecule has 1 spiro atoms. The van der Waals surface area contributed by atoms with Crippen molar-refractivity contribution in [3.8, 4) is 0 Å². The lowest BCUT2D eigenvalue weighted by molar-refractivity contribution is -0.197. The second-order valence-electron chi connectivity index (χ2n) is 10.8. The first-order valence-electron chi connectivity index (χ1n) is 12.7.